The summed E-state index contributed by atoms with van der Waals surface area (Å²) in [5.41, 5.74) is 0. The topological polar surface area (TPSA) is 0 Å². The lowest BCUT2D eigenvalue weighted by atomic mass is 9.58. The Morgan fingerprint density at radius 1 is 0.478 bits per heavy atom. The van der Waals surface area contributed by atoms with Crippen molar-refractivity contribution in [2.24, 2.45) is 53.3 Å². The van der Waals surface area contributed by atoms with E-state index in [-0.39, 0.29) is 0 Å². The molecule has 3 aliphatic rings. The van der Waals surface area contributed by atoms with E-state index in [0.717, 1.165) is 53.3 Å². The van der Waals surface area contributed by atoms with E-state index in [0.29, 0.717) is 0 Å². The highest BCUT2D eigenvalue weighted by atomic mass is 14.5. The molecule has 0 heteroatoms. The normalized spacial score (nSPS) is 52.3. The van der Waals surface area contributed by atoms with Crippen molar-refractivity contribution in [1.29, 1.82) is 0 Å². The molecule has 134 valence electrons. The molecule has 0 saturated heterocycles. The molecule has 23 heavy (non-hydrogen) atoms. The second-order valence-electron chi connectivity index (χ2n) is 10.2. The summed E-state index contributed by atoms with van der Waals surface area (Å²) in [6.07, 6.45) is 13.8. The molecule has 3 fully saturated rings. The van der Waals surface area contributed by atoms with Gasteiger partial charge in [0, 0.05) is 0 Å². The first-order valence-electron chi connectivity index (χ1n) is 11.0. The van der Waals surface area contributed by atoms with Crippen LogP contribution in [0, 0.1) is 53.3 Å². The zero-order valence-electron chi connectivity index (χ0n) is 16.6. The van der Waals surface area contributed by atoms with Gasteiger partial charge in [0.25, 0.3) is 0 Å². The Kier molecular flexibility index (Phi) is 5.80. The molecule has 0 amide bonds. The Morgan fingerprint density at radius 2 is 1.09 bits per heavy atom. The fourth-order valence-electron chi connectivity index (χ4n) is 6.82. The van der Waals surface area contributed by atoms with Gasteiger partial charge in [0.05, 0.1) is 0 Å². The minimum atomic E-state index is 0.946. The zero-order chi connectivity index (χ0) is 16.6. The summed E-state index contributed by atoms with van der Waals surface area (Å²) in [6, 6.07) is 0. The molecule has 0 N–H and O–H groups in total. The summed E-state index contributed by atoms with van der Waals surface area (Å²) < 4.78 is 0. The zero-order valence-corrected chi connectivity index (χ0v) is 16.6. The third kappa shape index (κ3) is 3.82. The van der Waals surface area contributed by atoms with Crippen molar-refractivity contribution < 1.29 is 0 Å². The predicted molar refractivity (Wildman–Crippen MR) is 101 cm³/mol. The summed E-state index contributed by atoms with van der Waals surface area (Å²) >= 11 is 0. The SMILES string of the molecule is CC1CCC(C2CCC(C3CCC(C)C(C)C3C)CC2C)CC1. The van der Waals surface area contributed by atoms with Crippen LogP contribution in [0.15, 0.2) is 0 Å². The molecule has 0 nitrogen and oxygen atoms in total. The van der Waals surface area contributed by atoms with Gasteiger partial charge in [-0.1, -0.05) is 53.9 Å². The average molecular weight is 319 g/mol. The van der Waals surface area contributed by atoms with Crippen molar-refractivity contribution in [3.63, 3.8) is 0 Å². The standard InChI is InChI=1S/C23H42/c1-15-6-9-20(10-7-15)22-13-11-21(14-17(22)3)23-12-8-16(2)18(4)19(23)5/h15-23H,6-14H2,1-5H3. The molecule has 0 aromatic rings. The summed E-state index contributed by atoms with van der Waals surface area (Å²) in [6.45, 7) is 12.7. The van der Waals surface area contributed by atoms with Crippen LogP contribution in [0.25, 0.3) is 0 Å². The smallest absolute Gasteiger partial charge is 0.0357 e. The Hall–Kier alpha value is 0. The van der Waals surface area contributed by atoms with E-state index in [1.54, 1.807) is 19.3 Å². The summed E-state index contributed by atoms with van der Waals surface area (Å²) in [7, 11) is 0. The second kappa shape index (κ2) is 7.49. The van der Waals surface area contributed by atoms with Gasteiger partial charge in [0.2, 0.25) is 0 Å². The molecule has 0 bridgehead atoms. The molecule has 7 unspecified atom stereocenters. The molecule has 3 rings (SSSR count). The monoisotopic (exact) mass is 318 g/mol. The Labute approximate surface area is 146 Å². The molecule has 3 saturated carbocycles. The van der Waals surface area contributed by atoms with Crippen LogP contribution >= 0.6 is 0 Å². The van der Waals surface area contributed by atoms with Crippen molar-refractivity contribution in [2.75, 3.05) is 0 Å². The maximum absolute atomic E-state index is 2.61. The van der Waals surface area contributed by atoms with E-state index in [4.69, 9.17) is 0 Å². The molecule has 0 heterocycles. The minimum Gasteiger partial charge on any atom is -0.0625 e. The lowest BCUT2D eigenvalue weighted by molar-refractivity contribution is 0.0242. The Morgan fingerprint density at radius 3 is 1.74 bits per heavy atom. The van der Waals surface area contributed by atoms with Crippen LogP contribution in [0.2, 0.25) is 0 Å². The highest BCUT2D eigenvalue weighted by molar-refractivity contribution is 4.91. The van der Waals surface area contributed by atoms with Crippen LogP contribution in [0.3, 0.4) is 0 Å². The lowest BCUT2D eigenvalue weighted by Crippen LogP contribution is -2.39. The Balaban J connectivity index is 1.56. The first-order valence-corrected chi connectivity index (χ1v) is 11.0. The van der Waals surface area contributed by atoms with E-state index in [9.17, 15) is 0 Å². The van der Waals surface area contributed by atoms with Crippen LogP contribution in [0.5, 0.6) is 0 Å². The van der Waals surface area contributed by atoms with Crippen molar-refractivity contribution in [3.8, 4) is 0 Å². The molecule has 0 radical (unpaired) electrons. The Bertz CT molecular complexity index is 364. The van der Waals surface area contributed by atoms with Crippen LogP contribution < -0.4 is 0 Å². The van der Waals surface area contributed by atoms with Crippen LogP contribution in [-0.2, 0) is 0 Å². The first kappa shape index (κ1) is 17.8. The van der Waals surface area contributed by atoms with Gasteiger partial charge in [-0.05, 0) is 91.8 Å². The van der Waals surface area contributed by atoms with Gasteiger partial charge in [0.15, 0.2) is 0 Å². The average Bonchev–Trinajstić information content (AvgIpc) is 2.54. The fraction of sp³-hybridized carbons (Fsp3) is 1.00. The maximum Gasteiger partial charge on any atom is -0.0357 e. The summed E-state index contributed by atoms with van der Waals surface area (Å²) in [4.78, 5) is 0. The van der Waals surface area contributed by atoms with Crippen molar-refractivity contribution in [1.82, 2.24) is 0 Å². The van der Waals surface area contributed by atoms with Crippen molar-refractivity contribution in [2.45, 2.75) is 92.4 Å². The predicted octanol–water partition coefficient (Wildman–Crippen LogP) is 7.18. The fourth-order valence-corrected chi connectivity index (χ4v) is 6.82. The van der Waals surface area contributed by atoms with Crippen LogP contribution in [0.1, 0.15) is 92.4 Å². The van der Waals surface area contributed by atoms with Crippen LogP contribution in [0.4, 0.5) is 0 Å². The lowest BCUT2D eigenvalue weighted by Gasteiger charge is -2.47. The van der Waals surface area contributed by atoms with Gasteiger partial charge >= 0.3 is 0 Å². The molecule has 3 aliphatic carbocycles. The van der Waals surface area contributed by atoms with E-state index < -0.39 is 0 Å². The number of hydrogen-bond acceptors (Lipinski definition) is 0. The highest BCUT2D eigenvalue weighted by Gasteiger charge is 2.41. The van der Waals surface area contributed by atoms with E-state index >= 15 is 0 Å². The molecular weight excluding hydrogens is 276 g/mol. The molecule has 0 aromatic carbocycles. The van der Waals surface area contributed by atoms with Gasteiger partial charge in [0.1, 0.15) is 0 Å². The minimum absolute atomic E-state index is 0.946. The third-order valence-corrected chi connectivity index (χ3v) is 8.91. The molecule has 0 aromatic heterocycles. The van der Waals surface area contributed by atoms with Gasteiger partial charge in [-0.2, -0.15) is 0 Å². The molecule has 0 spiro atoms. The van der Waals surface area contributed by atoms with E-state index in [2.05, 4.69) is 34.6 Å². The number of rotatable bonds is 2. The molecular formula is C23H42. The second-order valence-corrected chi connectivity index (χ2v) is 10.2. The highest BCUT2D eigenvalue weighted by Crippen LogP contribution is 2.50. The first-order chi connectivity index (χ1) is 11.0. The van der Waals surface area contributed by atoms with Gasteiger partial charge in [-0.25, -0.2) is 0 Å². The quantitative estimate of drug-likeness (QED) is 0.505. The van der Waals surface area contributed by atoms with Crippen LogP contribution in [-0.4, -0.2) is 0 Å². The van der Waals surface area contributed by atoms with Gasteiger partial charge in [-0.3, -0.25) is 0 Å². The summed E-state index contributed by atoms with van der Waals surface area (Å²) in [5, 5.41) is 0. The molecule has 0 aliphatic heterocycles. The third-order valence-electron chi connectivity index (χ3n) is 8.91. The largest absolute Gasteiger partial charge is 0.0625 e. The number of hydrogen-bond donors (Lipinski definition) is 0. The van der Waals surface area contributed by atoms with Gasteiger partial charge < -0.3 is 0 Å². The maximum atomic E-state index is 2.61. The van der Waals surface area contributed by atoms with E-state index in [1.165, 1.54) is 38.5 Å². The van der Waals surface area contributed by atoms with Gasteiger partial charge in [-0.15, -0.1) is 0 Å². The van der Waals surface area contributed by atoms with Crippen molar-refractivity contribution >= 4 is 0 Å². The summed E-state index contributed by atoms with van der Waals surface area (Å²) in [5.74, 6) is 9.09. The van der Waals surface area contributed by atoms with Crippen molar-refractivity contribution in [3.05, 3.63) is 0 Å². The molecule has 7 atom stereocenters. The van der Waals surface area contributed by atoms with E-state index in [1.807, 2.05) is 0 Å².